The van der Waals surface area contributed by atoms with E-state index in [0.717, 1.165) is 0 Å². The minimum atomic E-state index is -0.452. The molecule has 2 rings (SSSR count). The topological polar surface area (TPSA) is 52.6 Å². The Morgan fingerprint density at radius 3 is 1.82 bits per heavy atom. The van der Waals surface area contributed by atoms with E-state index in [-0.39, 0.29) is 11.9 Å². The summed E-state index contributed by atoms with van der Waals surface area (Å²) in [4.78, 5) is 23.2. The van der Waals surface area contributed by atoms with Crippen LogP contribution in [0.5, 0.6) is 11.5 Å². The monoisotopic (exact) mass is 298 g/mol. The predicted molar refractivity (Wildman–Crippen MR) is 83.6 cm³/mol. The standard InChI is InChI=1S/C18H18O4/c1-12(2)21-16-10-6-15(7-11-16)18(20)22-17-8-4-14(5-9-17)13(3)19/h4-12H,1-3H3. The zero-order chi connectivity index (χ0) is 16.1. The van der Waals surface area contributed by atoms with E-state index in [1.165, 1.54) is 6.92 Å². The fourth-order valence-electron chi connectivity index (χ4n) is 1.87. The van der Waals surface area contributed by atoms with Gasteiger partial charge in [-0.15, -0.1) is 0 Å². The van der Waals surface area contributed by atoms with Crippen LogP contribution < -0.4 is 9.47 Å². The Morgan fingerprint density at radius 2 is 1.32 bits per heavy atom. The number of hydrogen-bond acceptors (Lipinski definition) is 4. The molecule has 0 atom stereocenters. The Kier molecular flexibility index (Phi) is 4.94. The molecule has 0 aliphatic carbocycles. The van der Waals surface area contributed by atoms with Gasteiger partial charge in [-0.05, 0) is 69.3 Å². The van der Waals surface area contributed by atoms with Crippen LogP contribution in [0.25, 0.3) is 0 Å². The van der Waals surface area contributed by atoms with E-state index in [9.17, 15) is 9.59 Å². The zero-order valence-corrected chi connectivity index (χ0v) is 12.8. The lowest BCUT2D eigenvalue weighted by atomic mass is 10.1. The Labute approximate surface area is 129 Å². The molecule has 0 unspecified atom stereocenters. The van der Waals surface area contributed by atoms with Gasteiger partial charge in [0.05, 0.1) is 11.7 Å². The number of ether oxygens (including phenoxy) is 2. The second-order valence-corrected chi connectivity index (χ2v) is 5.16. The number of rotatable bonds is 5. The summed E-state index contributed by atoms with van der Waals surface area (Å²) in [7, 11) is 0. The molecule has 0 amide bonds. The highest BCUT2D eigenvalue weighted by molar-refractivity contribution is 5.94. The summed E-state index contributed by atoms with van der Waals surface area (Å²) in [5.74, 6) is 0.625. The summed E-state index contributed by atoms with van der Waals surface area (Å²) in [6, 6.07) is 13.2. The van der Waals surface area contributed by atoms with Crippen LogP contribution in [-0.2, 0) is 0 Å². The molecule has 0 heterocycles. The Hall–Kier alpha value is -2.62. The van der Waals surface area contributed by atoms with E-state index in [1.807, 2.05) is 13.8 Å². The third-order valence-electron chi connectivity index (χ3n) is 2.93. The Balaban J connectivity index is 2.03. The van der Waals surface area contributed by atoms with Crippen LogP contribution in [0.1, 0.15) is 41.5 Å². The van der Waals surface area contributed by atoms with Crippen molar-refractivity contribution in [3.05, 3.63) is 59.7 Å². The third-order valence-corrected chi connectivity index (χ3v) is 2.93. The van der Waals surface area contributed by atoms with Gasteiger partial charge < -0.3 is 9.47 Å². The smallest absolute Gasteiger partial charge is 0.343 e. The zero-order valence-electron chi connectivity index (χ0n) is 12.8. The van der Waals surface area contributed by atoms with Crippen LogP contribution in [0.15, 0.2) is 48.5 Å². The van der Waals surface area contributed by atoms with Crippen molar-refractivity contribution >= 4 is 11.8 Å². The van der Waals surface area contributed by atoms with Gasteiger partial charge in [0.1, 0.15) is 11.5 Å². The normalized spacial score (nSPS) is 10.4. The molecule has 114 valence electrons. The predicted octanol–water partition coefficient (Wildman–Crippen LogP) is 3.90. The maximum atomic E-state index is 12.0. The van der Waals surface area contributed by atoms with Gasteiger partial charge in [-0.3, -0.25) is 4.79 Å². The first-order valence-electron chi connectivity index (χ1n) is 7.05. The number of benzene rings is 2. The molecule has 0 spiro atoms. The van der Waals surface area contributed by atoms with Crippen molar-refractivity contribution in [1.82, 2.24) is 0 Å². The van der Waals surface area contributed by atoms with Crippen LogP contribution in [-0.4, -0.2) is 17.9 Å². The van der Waals surface area contributed by atoms with E-state index >= 15 is 0 Å². The molecule has 22 heavy (non-hydrogen) atoms. The quantitative estimate of drug-likeness (QED) is 0.477. The molecule has 0 bridgehead atoms. The molecule has 0 saturated heterocycles. The van der Waals surface area contributed by atoms with Gasteiger partial charge in [0.2, 0.25) is 0 Å². The van der Waals surface area contributed by atoms with Crippen LogP contribution in [0.4, 0.5) is 0 Å². The summed E-state index contributed by atoms with van der Waals surface area (Å²) in [6.45, 7) is 5.36. The molecule has 2 aromatic rings. The van der Waals surface area contributed by atoms with Gasteiger partial charge in [0.15, 0.2) is 5.78 Å². The summed E-state index contributed by atoms with van der Waals surface area (Å²) in [5, 5.41) is 0. The summed E-state index contributed by atoms with van der Waals surface area (Å²) in [6.07, 6.45) is 0.0811. The van der Waals surface area contributed by atoms with Gasteiger partial charge >= 0.3 is 5.97 Å². The third kappa shape index (κ3) is 4.19. The van der Waals surface area contributed by atoms with Crippen molar-refractivity contribution in [1.29, 1.82) is 0 Å². The fraction of sp³-hybridized carbons (Fsp3) is 0.222. The lowest BCUT2D eigenvalue weighted by Crippen LogP contribution is -2.09. The summed E-state index contributed by atoms with van der Waals surface area (Å²) >= 11 is 0. The minimum Gasteiger partial charge on any atom is -0.491 e. The van der Waals surface area contributed by atoms with Gasteiger partial charge in [-0.1, -0.05) is 0 Å². The highest BCUT2D eigenvalue weighted by Gasteiger charge is 2.09. The number of Topliss-reactive ketones (excluding diaryl/α,β-unsaturated/α-hetero) is 1. The number of hydrogen-bond donors (Lipinski definition) is 0. The molecule has 4 nitrogen and oxygen atoms in total. The van der Waals surface area contributed by atoms with Crippen molar-refractivity contribution < 1.29 is 19.1 Å². The second kappa shape index (κ2) is 6.89. The second-order valence-electron chi connectivity index (χ2n) is 5.16. The van der Waals surface area contributed by atoms with E-state index < -0.39 is 5.97 Å². The van der Waals surface area contributed by atoms with Crippen molar-refractivity contribution in [2.45, 2.75) is 26.9 Å². The average Bonchev–Trinajstić information content (AvgIpc) is 2.48. The van der Waals surface area contributed by atoms with E-state index in [1.54, 1.807) is 48.5 Å². The molecule has 0 radical (unpaired) electrons. The molecule has 0 N–H and O–H groups in total. The molecule has 0 aliphatic rings. The van der Waals surface area contributed by atoms with Crippen molar-refractivity contribution in [2.75, 3.05) is 0 Å². The van der Waals surface area contributed by atoms with Crippen LogP contribution in [0.3, 0.4) is 0 Å². The summed E-state index contributed by atoms with van der Waals surface area (Å²) in [5.41, 5.74) is 1.02. The van der Waals surface area contributed by atoms with Crippen LogP contribution in [0, 0.1) is 0 Å². The first-order chi connectivity index (χ1) is 10.5. The maximum absolute atomic E-state index is 12.0. The van der Waals surface area contributed by atoms with Gasteiger partial charge in [-0.25, -0.2) is 4.79 Å². The largest absolute Gasteiger partial charge is 0.491 e. The Bertz CT molecular complexity index is 654. The number of carbonyl (C=O) groups is 2. The molecule has 0 aromatic heterocycles. The van der Waals surface area contributed by atoms with Crippen LogP contribution in [0.2, 0.25) is 0 Å². The van der Waals surface area contributed by atoms with Gasteiger partial charge in [-0.2, -0.15) is 0 Å². The highest BCUT2D eigenvalue weighted by Crippen LogP contribution is 2.17. The number of ketones is 1. The molecular formula is C18H18O4. The van der Waals surface area contributed by atoms with Gasteiger partial charge in [0, 0.05) is 5.56 Å². The SMILES string of the molecule is CC(=O)c1ccc(OC(=O)c2ccc(OC(C)C)cc2)cc1. The fourth-order valence-corrected chi connectivity index (χ4v) is 1.87. The van der Waals surface area contributed by atoms with Crippen molar-refractivity contribution in [2.24, 2.45) is 0 Å². The molecule has 0 fully saturated rings. The van der Waals surface area contributed by atoms with Crippen molar-refractivity contribution in [3.63, 3.8) is 0 Å². The minimum absolute atomic E-state index is 0.0291. The molecule has 4 heteroatoms. The van der Waals surface area contributed by atoms with E-state index in [2.05, 4.69) is 0 Å². The lowest BCUT2D eigenvalue weighted by molar-refractivity contribution is 0.0734. The Morgan fingerprint density at radius 1 is 0.818 bits per heavy atom. The lowest BCUT2D eigenvalue weighted by Gasteiger charge is -2.10. The number of esters is 1. The van der Waals surface area contributed by atoms with Gasteiger partial charge in [0.25, 0.3) is 0 Å². The number of carbonyl (C=O) groups excluding carboxylic acids is 2. The highest BCUT2D eigenvalue weighted by atomic mass is 16.5. The van der Waals surface area contributed by atoms with E-state index in [0.29, 0.717) is 22.6 Å². The average molecular weight is 298 g/mol. The van der Waals surface area contributed by atoms with Crippen LogP contribution >= 0.6 is 0 Å². The first kappa shape index (κ1) is 15.8. The first-order valence-corrected chi connectivity index (χ1v) is 7.05. The molecule has 0 aliphatic heterocycles. The molecule has 0 saturated carbocycles. The maximum Gasteiger partial charge on any atom is 0.343 e. The molecular weight excluding hydrogens is 280 g/mol. The summed E-state index contributed by atoms with van der Waals surface area (Å²) < 4.78 is 10.8. The van der Waals surface area contributed by atoms with E-state index in [4.69, 9.17) is 9.47 Å². The molecule has 2 aromatic carbocycles. The van der Waals surface area contributed by atoms with Crippen molar-refractivity contribution in [3.8, 4) is 11.5 Å².